The first-order valence-electron chi connectivity index (χ1n) is 9.00. The number of benzene rings is 2. The Morgan fingerprint density at radius 2 is 1.72 bits per heavy atom. The molecule has 0 aliphatic carbocycles. The number of furan rings is 1. The third kappa shape index (κ3) is 3.49. The van der Waals surface area contributed by atoms with Crippen LogP contribution in [0.5, 0.6) is 5.75 Å². The highest BCUT2D eigenvalue weighted by molar-refractivity contribution is 5.77. The van der Waals surface area contributed by atoms with Gasteiger partial charge in [0.25, 0.3) is 0 Å². The molecule has 2 heterocycles. The molecule has 3 aromatic rings. The summed E-state index contributed by atoms with van der Waals surface area (Å²) in [5.41, 5.74) is 2.18. The molecule has 0 radical (unpaired) electrons. The Kier molecular flexibility index (Phi) is 4.61. The average Bonchev–Trinajstić information content (AvgIpc) is 3.05. The van der Waals surface area contributed by atoms with Gasteiger partial charge < -0.3 is 14.1 Å². The number of hydrogen-bond donors (Lipinski definition) is 0. The van der Waals surface area contributed by atoms with Crippen molar-refractivity contribution in [3.8, 4) is 5.75 Å². The van der Waals surface area contributed by atoms with Gasteiger partial charge in [-0.2, -0.15) is 0 Å². The fourth-order valence-corrected chi connectivity index (χ4v) is 3.48. The van der Waals surface area contributed by atoms with Gasteiger partial charge in [0, 0.05) is 31.6 Å². The molecule has 1 fully saturated rings. The monoisotopic (exact) mass is 336 g/mol. The number of fused-ring (bicyclic) bond motifs is 1. The number of para-hydroxylation sites is 3. The van der Waals surface area contributed by atoms with Crippen molar-refractivity contribution in [2.45, 2.75) is 13.5 Å². The molecule has 2 aromatic carbocycles. The van der Waals surface area contributed by atoms with Crippen LogP contribution in [0.2, 0.25) is 0 Å². The molecule has 1 aliphatic heterocycles. The van der Waals surface area contributed by atoms with Crippen molar-refractivity contribution in [2.24, 2.45) is 0 Å². The fourth-order valence-electron chi connectivity index (χ4n) is 3.48. The smallest absolute Gasteiger partial charge is 0.142 e. The maximum atomic E-state index is 5.96. The normalized spacial score (nSPS) is 15.6. The van der Waals surface area contributed by atoms with Crippen molar-refractivity contribution in [3.05, 3.63) is 60.4 Å². The van der Waals surface area contributed by atoms with Crippen molar-refractivity contribution in [1.29, 1.82) is 0 Å². The molecular weight excluding hydrogens is 312 g/mol. The molecule has 0 saturated carbocycles. The zero-order chi connectivity index (χ0) is 17.1. The summed E-state index contributed by atoms with van der Waals surface area (Å²) in [4.78, 5) is 4.87. The number of hydrogen-bond acceptors (Lipinski definition) is 4. The van der Waals surface area contributed by atoms with Gasteiger partial charge in [0.1, 0.15) is 17.1 Å². The van der Waals surface area contributed by atoms with Crippen LogP contribution in [0.15, 0.2) is 59.0 Å². The van der Waals surface area contributed by atoms with E-state index >= 15 is 0 Å². The number of nitrogens with zero attached hydrogens (tertiary/aromatic N) is 2. The molecule has 0 bridgehead atoms. The van der Waals surface area contributed by atoms with E-state index in [0.717, 1.165) is 49.8 Å². The molecule has 0 unspecified atom stereocenters. The minimum absolute atomic E-state index is 0.697. The highest BCUT2D eigenvalue weighted by atomic mass is 16.5. The van der Waals surface area contributed by atoms with E-state index in [0.29, 0.717) is 6.61 Å². The molecule has 1 aromatic heterocycles. The molecule has 0 spiro atoms. The summed E-state index contributed by atoms with van der Waals surface area (Å²) < 4.78 is 11.7. The first-order chi connectivity index (χ1) is 12.3. The van der Waals surface area contributed by atoms with E-state index in [2.05, 4.69) is 46.2 Å². The molecule has 25 heavy (non-hydrogen) atoms. The second-order valence-electron chi connectivity index (χ2n) is 6.41. The number of rotatable bonds is 5. The molecular formula is C21H24N2O2. The SMILES string of the molecule is CCOc1ccccc1N1CCN(Cc2cc3ccccc3o2)CC1. The largest absolute Gasteiger partial charge is 0.492 e. The predicted molar refractivity (Wildman–Crippen MR) is 101 cm³/mol. The van der Waals surface area contributed by atoms with Gasteiger partial charge in [0.15, 0.2) is 0 Å². The summed E-state index contributed by atoms with van der Waals surface area (Å²) >= 11 is 0. The first-order valence-corrected chi connectivity index (χ1v) is 9.00. The van der Waals surface area contributed by atoms with E-state index in [1.54, 1.807) is 0 Å². The Morgan fingerprint density at radius 3 is 2.52 bits per heavy atom. The van der Waals surface area contributed by atoms with E-state index in [-0.39, 0.29) is 0 Å². The zero-order valence-electron chi connectivity index (χ0n) is 14.6. The van der Waals surface area contributed by atoms with E-state index in [9.17, 15) is 0 Å². The lowest BCUT2D eigenvalue weighted by molar-refractivity contribution is 0.232. The number of piperazine rings is 1. The molecule has 4 heteroatoms. The van der Waals surface area contributed by atoms with Crippen LogP contribution in [0.4, 0.5) is 5.69 Å². The molecule has 1 saturated heterocycles. The van der Waals surface area contributed by atoms with Crippen LogP contribution in [-0.2, 0) is 6.54 Å². The van der Waals surface area contributed by atoms with Gasteiger partial charge >= 0.3 is 0 Å². The molecule has 1 aliphatic rings. The third-order valence-corrected chi connectivity index (χ3v) is 4.73. The lowest BCUT2D eigenvalue weighted by atomic mass is 10.2. The van der Waals surface area contributed by atoms with E-state index in [4.69, 9.17) is 9.15 Å². The van der Waals surface area contributed by atoms with Gasteiger partial charge in [-0.3, -0.25) is 4.90 Å². The second kappa shape index (κ2) is 7.19. The zero-order valence-corrected chi connectivity index (χ0v) is 14.6. The lowest BCUT2D eigenvalue weighted by Gasteiger charge is -2.36. The van der Waals surface area contributed by atoms with Crippen LogP contribution in [0, 0.1) is 0 Å². The van der Waals surface area contributed by atoms with E-state index in [1.807, 2.05) is 25.1 Å². The predicted octanol–water partition coefficient (Wildman–Crippen LogP) is 4.15. The third-order valence-electron chi connectivity index (χ3n) is 4.73. The van der Waals surface area contributed by atoms with Gasteiger partial charge in [-0.25, -0.2) is 0 Å². The first kappa shape index (κ1) is 16.0. The fraction of sp³-hybridized carbons (Fsp3) is 0.333. The van der Waals surface area contributed by atoms with Crippen molar-refractivity contribution in [2.75, 3.05) is 37.7 Å². The average molecular weight is 336 g/mol. The lowest BCUT2D eigenvalue weighted by Crippen LogP contribution is -2.46. The Bertz CT molecular complexity index is 802. The standard InChI is InChI=1S/C21H24N2O2/c1-2-24-21-10-6-4-8-19(21)23-13-11-22(12-14-23)16-18-15-17-7-3-5-9-20(17)25-18/h3-10,15H,2,11-14,16H2,1H3. The second-order valence-corrected chi connectivity index (χ2v) is 6.41. The highest BCUT2D eigenvalue weighted by Crippen LogP contribution is 2.29. The topological polar surface area (TPSA) is 28.9 Å². The molecule has 0 amide bonds. The van der Waals surface area contributed by atoms with Crippen LogP contribution in [0.25, 0.3) is 11.0 Å². The Labute approximate surface area is 148 Å². The van der Waals surface area contributed by atoms with Crippen molar-refractivity contribution in [1.82, 2.24) is 4.90 Å². The molecule has 130 valence electrons. The molecule has 4 nitrogen and oxygen atoms in total. The summed E-state index contributed by atoms with van der Waals surface area (Å²) in [6.45, 7) is 7.66. The molecule has 0 atom stereocenters. The summed E-state index contributed by atoms with van der Waals surface area (Å²) in [5, 5.41) is 1.18. The van der Waals surface area contributed by atoms with Crippen LogP contribution in [0.3, 0.4) is 0 Å². The summed E-state index contributed by atoms with van der Waals surface area (Å²) in [6.07, 6.45) is 0. The Morgan fingerprint density at radius 1 is 0.960 bits per heavy atom. The number of ether oxygens (including phenoxy) is 1. The van der Waals surface area contributed by atoms with Gasteiger partial charge in [0.05, 0.1) is 18.8 Å². The number of anilines is 1. The minimum atomic E-state index is 0.697. The van der Waals surface area contributed by atoms with Crippen LogP contribution < -0.4 is 9.64 Å². The molecule has 4 rings (SSSR count). The summed E-state index contributed by atoms with van der Waals surface area (Å²) in [6, 6.07) is 18.7. The van der Waals surface area contributed by atoms with E-state index in [1.165, 1.54) is 11.1 Å². The quantitative estimate of drug-likeness (QED) is 0.700. The van der Waals surface area contributed by atoms with Crippen molar-refractivity contribution < 1.29 is 9.15 Å². The van der Waals surface area contributed by atoms with Gasteiger partial charge in [-0.05, 0) is 31.2 Å². The van der Waals surface area contributed by atoms with Crippen molar-refractivity contribution in [3.63, 3.8) is 0 Å². The van der Waals surface area contributed by atoms with Crippen LogP contribution in [-0.4, -0.2) is 37.7 Å². The maximum Gasteiger partial charge on any atom is 0.142 e. The van der Waals surface area contributed by atoms with Crippen molar-refractivity contribution >= 4 is 16.7 Å². The van der Waals surface area contributed by atoms with Gasteiger partial charge in [0.2, 0.25) is 0 Å². The van der Waals surface area contributed by atoms with E-state index < -0.39 is 0 Å². The van der Waals surface area contributed by atoms with Gasteiger partial charge in [-0.1, -0.05) is 30.3 Å². The highest BCUT2D eigenvalue weighted by Gasteiger charge is 2.20. The van der Waals surface area contributed by atoms with Crippen LogP contribution in [0.1, 0.15) is 12.7 Å². The summed E-state index contributed by atoms with van der Waals surface area (Å²) in [7, 11) is 0. The maximum absolute atomic E-state index is 5.96. The van der Waals surface area contributed by atoms with Crippen LogP contribution >= 0.6 is 0 Å². The minimum Gasteiger partial charge on any atom is -0.492 e. The Balaban J connectivity index is 1.40. The van der Waals surface area contributed by atoms with Gasteiger partial charge in [-0.15, -0.1) is 0 Å². The molecule has 0 N–H and O–H groups in total. The Hall–Kier alpha value is -2.46. The summed E-state index contributed by atoms with van der Waals surface area (Å²) in [5.74, 6) is 2.03.